The van der Waals surface area contributed by atoms with Crippen LogP contribution in [-0.2, 0) is 0 Å². The molecule has 2 fully saturated rings. The molecule has 3 rings (SSSR count). The molecule has 0 saturated carbocycles. The highest BCUT2D eigenvalue weighted by atomic mass is 35.5. The quantitative estimate of drug-likeness (QED) is 0.933. The third-order valence-electron chi connectivity index (χ3n) is 4.52. The molecule has 2 heterocycles. The number of methoxy groups -OCH3 is 1. The molecule has 5 heteroatoms. The van der Waals surface area contributed by atoms with Crippen LogP contribution in [0.25, 0.3) is 0 Å². The van der Waals surface area contributed by atoms with E-state index in [0.717, 1.165) is 32.4 Å². The molecule has 4 nitrogen and oxygen atoms in total. The molecule has 114 valence electrons. The van der Waals surface area contributed by atoms with Gasteiger partial charge in [-0.3, -0.25) is 4.79 Å². The number of carbonyl (C=O) groups excluding carboxylic acids is 1. The molecule has 2 aliphatic rings. The summed E-state index contributed by atoms with van der Waals surface area (Å²) in [7, 11) is 1.57. The Labute approximate surface area is 130 Å². The van der Waals surface area contributed by atoms with E-state index >= 15 is 0 Å². The zero-order chi connectivity index (χ0) is 14.8. The molecule has 1 aromatic carbocycles. The monoisotopic (exact) mass is 308 g/mol. The van der Waals surface area contributed by atoms with E-state index < -0.39 is 0 Å². The van der Waals surface area contributed by atoms with E-state index in [0.29, 0.717) is 28.4 Å². The summed E-state index contributed by atoms with van der Waals surface area (Å²) < 4.78 is 5.32. The SMILES string of the molecule is COc1cc(Cl)ccc1C(=O)N1CCCC1C1CCCN1. The van der Waals surface area contributed by atoms with E-state index in [1.54, 1.807) is 25.3 Å². The normalized spacial score (nSPS) is 25.3. The molecule has 1 amide bonds. The number of nitrogens with one attached hydrogen (secondary N) is 1. The van der Waals surface area contributed by atoms with E-state index in [4.69, 9.17) is 16.3 Å². The van der Waals surface area contributed by atoms with Gasteiger partial charge in [-0.05, 0) is 50.4 Å². The highest BCUT2D eigenvalue weighted by molar-refractivity contribution is 6.30. The van der Waals surface area contributed by atoms with Gasteiger partial charge in [-0.2, -0.15) is 0 Å². The van der Waals surface area contributed by atoms with E-state index in [2.05, 4.69) is 5.32 Å². The van der Waals surface area contributed by atoms with Gasteiger partial charge in [0.25, 0.3) is 5.91 Å². The van der Waals surface area contributed by atoms with Crippen LogP contribution in [0, 0.1) is 0 Å². The fourth-order valence-electron chi connectivity index (χ4n) is 3.50. The van der Waals surface area contributed by atoms with Crippen molar-refractivity contribution in [1.29, 1.82) is 0 Å². The Kier molecular flexibility index (Phi) is 4.36. The summed E-state index contributed by atoms with van der Waals surface area (Å²) in [6, 6.07) is 5.96. The smallest absolute Gasteiger partial charge is 0.257 e. The lowest BCUT2D eigenvalue weighted by Crippen LogP contribution is -2.46. The topological polar surface area (TPSA) is 41.6 Å². The van der Waals surface area contributed by atoms with Crippen LogP contribution in [0.4, 0.5) is 0 Å². The summed E-state index contributed by atoms with van der Waals surface area (Å²) in [5.74, 6) is 0.609. The lowest BCUT2D eigenvalue weighted by molar-refractivity contribution is 0.0708. The van der Waals surface area contributed by atoms with Gasteiger partial charge in [-0.1, -0.05) is 11.6 Å². The minimum atomic E-state index is 0.0553. The molecule has 0 aromatic heterocycles. The second kappa shape index (κ2) is 6.24. The summed E-state index contributed by atoms with van der Waals surface area (Å²) in [4.78, 5) is 14.9. The zero-order valence-corrected chi connectivity index (χ0v) is 13.0. The molecule has 0 spiro atoms. The first-order valence-electron chi connectivity index (χ1n) is 7.58. The van der Waals surface area contributed by atoms with Crippen LogP contribution in [0.3, 0.4) is 0 Å². The Morgan fingerprint density at radius 3 is 2.95 bits per heavy atom. The molecule has 0 aliphatic carbocycles. The predicted molar refractivity (Wildman–Crippen MR) is 83.1 cm³/mol. The highest BCUT2D eigenvalue weighted by Gasteiger charge is 2.36. The molecule has 1 aromatic rings. The number of halogens is 1. The van der Waals surface area contributed by atoms with Crippen molar-refractivity contribution in [1.82, 2.24) is 10.2 Å². The van der Waals surface area contributed by atoms with Crippen molar-refractivity contribution in [3.05, 3.63) is 28.8 Å². The molecule has 2 saturated heterocycles. The van der Waals surface area contributed by atoms with Crippen LogP contribution in [0.1, 0.15) is 36.0 Å². The molecule has 0 bridgehead atoms. The first kappa shape index (κ1) is 14.7. The maximum Gasteiger partial charge on any atom is 0.257 e. The zero-order valence-electron chi connectivity index (χ0n) is 12.3. The van der Waals surface area contributed by atoms with E-state index in [-0.39, 0.29) is 5.91 Å². The van der Waals surface area contributed by atoms with Crippen LogP contribution in [0.2, 0.25) is 5.02 Å². The van der Waals surface area contributed by atoms with Crippen molar-refractivity contribution in [3.63, 3.8) is 0 Å². The van der Waals surface area contributed by atoms with E-state index in [1.807, 2.05) is 4.90 Å². The van der Waals surface area contributed by atoms with Crippen LogP contribution in [-0.4, -0.2) is 43.1 Å². The van der Waals surface area contributed by atoms with Crippen LogP contribution in [0.5, 0.6) is 5.75 Å². The number of benzene rings is 1. The number of nitrogens with zero attached hydrogens (tertiary/aromatic N) is 1. The summed E-state index contributed by atoms with van der Waals surface area (Å²) in [5.41, 5.74) is 0.604. The van der Waals surface area contributed by atoms with Gasteiger partial charge < -0.3 is 15.0 Å². The number of likely N-dealkylation sites (tertiary alicyclic amines) is 1. The Morgan fingerprint density at radius 2 is 2.24 bits per heavy atom. The second-order valence-electron chi connectivity index (χ2n) is 5.76. The second-order valence-corrected chi connectivity index (χ2v) is 6.19. The first-order chi connectivity index (χ1) is 10.2. The Morgan fingerprint density at radius 1 is 1.38 bits per heavy atom. The molecule has 2 atom stereocenters. The van der Waals surface area contributed by atoms with E-state index in [9.17, 15) is 4.79 Å². The highest BCUT2D eigenvalue weighted by Crippen LogP contribution is 2.30. The van der Waals surface area contributed by atoms with Crippen LogP contribution < -0.4 is 10.1 Å². The maximum atomic E-state index is 12.9. The van der Waals surface area contributed by atoms with Crippen molar-refractivity contribution in [2.24, 2.45) is 0 Å². The Hall–Kier alpha value is -1.26. The molecular weight excluding hydrogens is 288 g/mol. The summed E-state index contributed by atoms with van der Waals surface area (Å²) >= 11 is 5.98. The van der Waals surface area contributed by atoms with Crippen molar-refractivity contribution in [3.8, 4) is 5.75 Å². The maximum absolute atomic E-state index is 12.9. The van der Waals surface area contributed by atoms with Gasteiger partial charge in [0.15, 0.2) is 0 Å². The Bertz CT molecular complexity index is 529. The molecule has 1 N–H and O–H groups in total. The third kappa shape index (κ3) is 2.87. The van der Waals surface area contributed by atoms with Gasteiger partial charge in [0.05, 0.1) is 12.7 Å². The lowest BCUT2D eigenvalue weighted by Gasteiger charge is -2.30. The van der Waals surface area contributed by atoms with Crippen molar-refractivity contribution in [2.75, 3.05) is 20.2 Å². The van der Waals surface area contributed by atoms with Gasteiger partial charge in [-0.25, -0.2) is 0 Å². The number of hydrogen-bond donors (Lipinski definition) is 1. The van der Waals surface area contributed by atoms with Gasteiger partial charge >= 0.3 is 0 Å². The largest absolute Gasteiger partial charge is 0.496 e. The number of amides is 1. The van der Waals surface area contributed by atoms with Crippen LogP contribution in [0.15, 0.2) is 18.2 Å². The molecule has 21 heavy (non-hydrogen) atoms. The summed E-state index contributed by atoms with van der Waals surface area (Å²) in [6.45, 7) is 1.89. The third-order valence-corrected chi connectivity index (χ3v) is 4.75. The van der Waals surface area contributed by atoms with Gasteiger partial charge in [0.2, 0.25) is 0 Å². The van der Waals surface area contributed by atoms with Crippen molar-refractivity contribution < 1.29 is 9.53 Å². The van der Waals surface area contributed by atoms with Gasteiger partial charge in [0, 0.05) is 23.7 Å². The fourth-order valence-corrected chi connectivity index (χ4v) is 3.66. The standard InChI is InChI=1S/C16H21ClN2O2/c1-21-15-10-11(17)6-7-12(15)16(20)19-9-3-5-14(19)13-4-2-8-18-13/h6-7,10,13-14,18H,2-5,8-9H2,1H3. The predicted octanol–water partition coefficient (Wildman–Crippen LogP) is 2.71. The fraction of sp³-hybridized carbons (Fsp3) is 0.562. The molecule has 0 radical (unpaired) electrons. The molecule has 2 aliphatic heterocycles. The van der Waals surface area contributed by atoms with Crippen molar-refractivity contribution >= 4 is 17.5 Å². The van der Waals surface area contributed by atoms with Gasteiger partial charge in [0.1, 0.15) is 5.75 Å². The summed E-state index contributed by atoms with van der Waals surface area (Å²) in [5, 5.41) is 4.11. The average molecular weight is 309 g/mol. The van der Waals surface area contributed by atoms with E-state index in [1.165, 1.54) is 6.42 Å². The summed E-state index contributed by atoms with van der Waals surface area (Å²) in [6.07, 6.45) is 4.52. The van der Waals surface area contributed by atoms with Crippen molar-refractivity contribution in [2.45, 2.75) is 37.8 Å². The number of carbonyl (C=O) groups is 1. The first-order valence-corrected chi connectivity index (χ1v) is 7.96. The van der Waals surface area contributed by atoms with Gasteiger partial charge in [-0.15, -0.1) is 0 Å². The minimum Gasteiger partial charge on any atom is -0.496 e. The molecular formula is C16H21ClN2O2. The van der Waals surface area contributed by atoms with Crippen LogP contribution >= 0.6 is 11.6 Å². The number of ether oxygens (including phenoxy) is 1. The Balaban J connectivity index is 1.83. The number of rotatable bonds is 3. The lowest BCUT2D eigenvalue weighted by atomic mass is 10.0. The molecule has 2 unspecified atom stereocenters. The average Bonchev–Trinajstić information content (AvgIpc) is 3.16. The minimum absolute atomic E-state index is 0.0553. The number of hydrogen-bond acceptors (Lipinski definition) is 3.